The molecule has 0 saturated heterocycles. The average Bonchev–Trinajstić information content (AvgIpc) is 2.44. The number of hydrogen-bond acceptors (Lipinski definition) is 1. The van der Waals surface area contributed by atoms with E-state index in [0.29, 0.717) is 17.1 Å². The minimum absolute atomic E-state index is 0.120. The van der Waals surface area contributed by atoms with Gasteiger partial charge in [-0.2, -0.15) is 0 Å². The normalized spacial score (nSPS) is 9.50. The Bertz CT molecular complexity index is 665. The predicted octanol–water partition coefficient (Wildman–Crippen LogP) is 3.43. The predicted molar refractivity (Wildman–Crippen MR) is 81.8 cm³/mol. The fourth-order valence-electron chi connectivity index (χ4n) is 1.64. The summed E-state index contributed by atoms with van der Waals surface area (Å²) >= 11 is 5.86. The van der Waals surface area contributed by atoms with Crippen molar-refractivity contribution in [3.05, 3.63) is 70.2 Å². The summed E-state index contributed by atoms with van der Waals surface area (Å²) in [5.74, 6) is 5.73. The Kier molecular flexibility index (Phi) is 4.81. The quantitative estimate of drug-likeness (QED) is 0.841. The third-order valence-corrected chi connectivity index (χ3v) is 2.94. The molecular formula is C17H14ClNO. The van der Waals surface area contributed by atoms with Crippen LogP contribution in [0.15, 0.2) is 48.5 Å². The zero-order valence-electron chi connectivity index (χ0n) is 11.1. The highest BCUT2D eigenvalue weighted by atomic mass is 35.5. The Morgan fingerprint density at radius 1 is 1.20 bits per heavy atom. The van der Waals surface area contributed by atoms with Gasteiger partial charge in [0.05, 0.1) is 6.54 Å². The van der Waals surface area contributed by atoms with Crippen molar-refractivity contribution < 1.29 is 4.79 Å². The summed E-state index contributed by atoms with van der Waals surface area (Å²) in [6.07, 6.45) is 0. The molecule has 1 amide bonds. The summed E-state index contributed by atoms with van der Waals surface area (Å²) in [7, 11) is 0. The first kappa shape index (κ1) is 14.2. The van der Waals surface area contributed by atoms with E-state index in [9.17, 15) is 4.79 Å². The molecule has 2 nitrogen and oxygen atoms in total. The van der Waals surface area contributed by atoms with Gasteiger partial charge >= 0.3 is 0 Å². The third-order valence-electron chi connectivity index (χ3n) is 2.71. The maximum atomic E-state index is 11.8. The number of hydrogen-bond donors (Lipinski definition) is 1. The van der Waals surface area contributed by atoms with Gasteiger partial charge in [-0.25, -0.2) is 0 Å². The van der Waals surface area contributed by atoms with Crippen LogP contribution in [0.25, 0.3) is 0 Å². The summed E-state index contributed by atoms with van der Waals surface area (Å²) in [4.78, 5) is 11.8. The van der Waals surface area contributed by atoms with Crippen LogP contribution in [0.1, 0.15) is 21.5 Å². The van der Waals surface area contributed by atoms with E-state index in [4.69, 9.17) is 11.6 Å². The van der Waals surface area contributed by atoms with Gasteiger partial charge in [-0.3, -0.25) is 4.79 Å². The molecule has 0 aliphatic heterocycles. The zero-order chi connectivity index (χ0) is 14.4. The summed E-state index contributed by atoms with van der Waals surface area (Å²) in [6.45, 7) is 2.29. The minimum Gasteiger partial charge on any atom is -0.341 e. The number of nitrogens with one attached hydrogen (secondary N) is 1. The molecule has 0 atom stereocenters. The van der Waals surface area contributed by atoms with Crippen molar-refractivity contribution in [1.29, 1.82) is 0 Å². The van der Waals surface area contributed by atoms with E-state index in [2.05, 4.69) is 17.2 Å². The minimum atomic E-state index is -0.120. The Morgan fingerprint density at radius 2 is 1.95 bits per heavy atom. The molecule has 0 fully saturated rings. The van der Waals surface area contributed by atoms with Gasteiger partial charge in [-0.15, -0.1) is 0 Å². The van der Waals surface area contributed by atoms with Gasteiger partial charge in [0.25, 0.3) is 5.91 Å². The summed E-state index contributed by atoms with van der Waals surface area (Å²) in [5, 5.41) is 3.41. The summed E-state index contributed by atoms with van der Waals surface area (Å²) in [5.41, 5.74) is 2.60. The monoisotopic (exact) mass is 283 g/mol. The van der Waals surface area contributed by atoms with Crippen LogP contribution in [0, 0.1) is 18.8 Å². The van der Waals surface area contributed by atoms with Gasteiger partial charge in [0.1, 0.15) is 0 Å². The van der Waals surface area contributed by atoms with Crippen LogP contribution in [-0.2, 0) is 0 Å². The highest BCUT2D eigenvalue weighted by Crippen LogP contribution is 2.09. The van der Waals surface area contributed by atoms with E-state index in [1.807, 2.05) is 31.2 Å². The molecule has 20 heavy (non-hydrogen) atoms. The van der Waals surface area contributed by atoms with Gasteiger partial charge in [0.15, 0.2) is 0 Å². The van der Waals surface area contributed by atoms with Crippen LogP contribution in [0.2, 0.25) is 5.02 Å². The lowest BCUT2D eigenvalue weighted by atomic mass is 10.1. The van der Waals surface area contributed by atoms with Gasteiger partial charge in [-0.05, 0) is 37.3 Å². The summed E-state index contributed by atoms with van der Waals surface area (Å²) in [6, 6.07) is 14.7. The van der Waals surface area contributed by atoms with Crippen molar-refractivity contribution in [3.8, 4) is 11.8 Å². The Labute approximate surface area is 123 Å². The Hall–Kier alpha value is -2.24. The van der Waals surface area contributed by atoms with Gasteiger partial charge in [0.2, 0.25) is 0 Å². The van der Waals surface area contributed by atoms with Crippen molar-refractivity contribution in [2.75, 3.05) is 6.54 Å². The first-order valence-corrected chi connectivity index (χ1v) is 6.62. The molecule has 0 unspecified atom stereocenters. The number of amides is 1. The second-order valence-electron chi connectivity index (χ2n) is 4.36. The van der Waals surface area contributed by atoms with Gasteiger partial charge < -0.3 is 5.32 Å². The largest absolute Gasteiger partial charge is 0.341 e. The molecule has 100 valence electrons. The third kappa shape index (κ3) is 4.15. The number of benzene rings is 2. The lowest BCUT2D eigenvalue weighted by Crippen LogP contribution is -2.23. The standard InChI is InChI=1S/C17H14ClNO/c1-13-7-9-15(10-8-13)17(20)19-11-3-5-14-4-2-6-16(18)12-14/h2,4,6-10,12H,11H2,1H3,(H,19,20). The fourth-order valence-corrected chi connectivity index (χ4v) is 1.83. The van der Waals surface area contributed by atoms with Crippen LogP contribution in [0.5, 0.6) is 0 Å². The van der Waals surface area contributed by atoms with Crippen molar-refractivity contribution >= 4 is 17.5 Å². The fraction of sp³-hybridized carbons (Fsp3) is 0.118. The molecule has 0 saturated carbocycles. The SMILES string of the molecule is Cc1ccc(C(=O)NCC#Cc2cccc(Cl)c2)cc1. The van der Waals surface area contributed by atoms with Crippen LogP contribution >= 0.6 is 11.6 Å². The number of halogens is 1. The molecular weight excluding hydrogens is 270 g/mol. The molecule has 2 aromatic carbocycles. The second kappa shape index (κ2) is 6.79. The average molecular weight is 284 g/mol. The number of rotatable bonds is 2. The second-order valence-corrected chi connectivity index (χ2v) is 4.80. The lowest BCUT2D eigenvalue weighted by molar-refractivity contribution is 0.0958. The van der Waals surface area contributed by atoms with E-state index in [0.717, 1.165) is 11.1 Å². The molecule has 2 aromatic rings. The number of carbonyl (C=O) groups excluding carboxylic acids is 1. The van der Waals surface area contributed by atoms with Gasteiger partial charge in [-0.1, -0.05) is 47.2 Å². The highest BCUT2D eigenvalue weighted by Gasteiger charge is 2.02. The molecule has 0 radical (unpaired) electrons. The first-order valence-electron chi connectivity index (χ1n) is 6.24. The van der Waals surface area contributed by atoms with E-state index in [1.54, 1.807) is 24.3 Å². The molecule has 1 N–H and O–H groups in total. The molecule has 0 aliphatic rings. The first-order chi connectivity index (χ1) is 9.65. The zero-order valence-corrected chi connectivity index (χ0v) is 11.9. The van der Waals surface area contributed by atoms with Crippen molar-refractivity contribution in [2.45, 2.75) is 6.92 Å². The van der Waals surface area contributed by atoms with Crippen molar-refractivity contribution in [1.82, 2.24) is 5.32 Å². The van der Waals surface area contributed by atoms with Gasteiger partial charge in [0, 0.05) is 16.1 Å². The molecule has 0 aromatic heterocycles. The molecule has 0 bridgehead atoms. The molecule has 0 spiro atoms. The van der Waals surface area contributed by atoms with E-state index >= 15 is 0 Å². The number of aryl methyl sites for hydroxylation is 1. The Balaban J connectivity index is 1.90. The van der Waals surface area contributed by atoms with Crippen molar-refractivity contribution in [3.63, 3.8) is 0 Å². The van der Waals surface area contributed by atoms with Crippen molar-refractivity contribution in [2.24, 2.45) is 0 Å². The van der Waals surface area contributed by atoms with Crippen LogP contribution in [0.3, 0.4) is 0 Å². The molecule has 0 aliphatic carbocycles. The van der Waals surface area contributed by atoms with E-state index in [1.165, 1.54) is 0 Å². The molecule has 0 heterocycles. The lowest BCUT2D eigenvalue weighted by Gasteiger charge is -2.01. The number of carbonyl (C=O) groups is 1. The molecule has 3 heteroatoms. The van der Waals surface area contributed by atoms with Crippen LogP contribution < -0.4 is 5.32 Å². The Morgan fingerprint density at radius 3 is 2.65 bits per heavy atom. The van der Waals surface area contributed by atoms with Crippen LogP contribution in [0.4, 0.5) is 0 Å². The molecule has 2 rings (SSSR count). The maximum absolute atomic E-state index is 11.8. The maximum Gasteiger partial charge on any atom is 0.252 e. The summed E-state index contributed by atoms with van der Waals surface area (Å²) < 4.78 is 0. The highest BCUT2D eigenvalue weighted by molar-refractivity contribution is 6.30. The topological polar surface area (TPSA) is 29.1 Å². The van der Waals surface area contributed by atoms with Crippen LogP contribution in [-0.4, -0.2) is 12.5 Å². The smallest absolute Gasteiger partial charge is 0.252 e. The van der Waals surface area contributed by atoms with E-state index in [-0.39, 0.29) is 5.91 Å². The van der Waals surface area contributed by atoms with E-state index < -0.39 is 0 Å².